The molecule has 2 aromatic carbocycles. The van der Waals surface area contributed by atoms with E-state index in [4.69, 9.17) is 34.8 Å². The highest BCUT2D eigenvalue weighted by Crippen LogP contribution is 2.33. The summed E-state index contributed by atoms with van der Waals surface area (Å²) in [5.41, 5.74) is 0.644. The van der Waals surface area contributed by atoms with Gasteiger partial charge in [-0.3, -0.25) is 0 Å². The molecule has 0 aliphatic carbocycles. The predicted octanol–water partition coefficient (Wildman–Crippen LogP) is 4.65. The van der Waals surface area contributed by atoms with Crippen LogP contribution in [0.4, 0.5) is 0 Å². The third kappa shape index (κ3) is 4.67. The zero-order chi connectivity index (χ0) is 23.6. The molecular weight excluding hydrogens is 472 g/mol. The number of ether oxygens (including phenoxy) is 3. The Kier molecular flexibility index (Phi) is 6.30. The third-order valence-corrected chi connectivity index (χ3v) is 6.62. The zero-order valence-electron chi connectivity index (χ0n) is 17.9. The van der Waals surface area contributed by atoms with Gasteiger partial charge in [-0.2, -0.15) is 4.98 Å². The van der Waals surface area contributed by atoms with E-state index >= 15 is 0 Å². The number of furan rings is 1. The van der Waals surface area contributed by atoms with E-state index in [0.29, 0.717) is 22.9 Å². The van der Waals surface area contributed by atoms with Crippen LogP contribution < -0.4 is 14.2 Å². The summed E-state index contributed by atoms with van der Waals surface area (Å²) in [6.45, 7) is 0. The van der Waals surface area contributed by atoms with Crippen molar-refractivity contribution in [2.24, 2.45) is 0 Å². The maximum Gasteiger partial charge on any atom is 0.293 e. The summed E-state index contributed by atoms with van der Waals surface area (Å²) in [7, 11) is 0.664. The largest absolute Gasteiger partial charge is 0.495 e. The van der Waals surface area contributed by atoms with Gasteiger partial charge in [-0.25, -0.2) is 8.42 Å². The Balaban J connectivity index is 1.58. The van der Waals surface area contributed by atoms with Gasteiger partial charge in [0.25, 0.3) is 5.89 Å². The van der Waals surface area contributed by atoms with E-state index in [1.54, 1.807) is 37.4 Å². The highest BCUT2D eigenvalue weighted by Gasteiger charge is 2.24. The van der Waals surface area contributed by atoms with Crippen molar-refractivity contribution >= 4 is 21.4 Å². The molecule has 4 aromatic rings. The summed E-state index contributed by atoms with van der Waals surface area (Å²) in [6, 6.07) is 12.7. The van der Waals surface area contributed by atoms with Crippen LogP contribution >= 0.6 is 11.6 Å². The topological polar surface area (TPSA) is 114 Å². The van der Waals surface area contributed by atoms with Gasteiger partial charge in [0.15, 0.2) is 27.1 Å². The van der Waals surface area contributed by atoms with Crippen molar-refractivity contribution in [3.8, 4) is 40.3 Å². The van der Waals surface area contributed by atoms with Crippen molar-refractivity contribution in [1.82, 2.24) is 10.1 Å². The summed E-state index contributed by atoms with van der Waals surface area (Å²) in [5, 5.41) is 4.25. The van der Waals surface area contributed by atoms with Crippen LogP contribution in [0.2, 0.25) is 5.02 Å². The van der Waals surface area contributed by atoms with Crippen molar-refractivity contribution in [3.63, 3.8) is 0 Å². The van der Waals surface area contributed by atoms with E-state index in [-0.39, 0.29) is 33.1 Å². The van der Waals surface area contributed by atoms with Gasteiger partial charge in [0.2, 0.25) is 5.82 Å². The van der Waals surface area contributed by atoms with Crippen molar-refractivity contribution < 1.29 is 31.6 Å². The number of nitrogens with zero attached hydrogens (tertiary/aromatic N) is 2. The molecule has 0 saturated carbocycles. The molecule has 11 heteroatoms. The summed E-state index contributed by atoms with van der Waals surface area (Å²) in [6.07, 6.45) is 0. The van der Waals surface area contributed by atoms with Crippen LogP contribution in [0.3, 0.4) is 0 Å². The molecule has 0 radical (unpaired) electrons. The Bertz CT molecular complexity index is 1400. The van der Waals surface area contributed by atoms with Crippen molar-refractivity contribution in [2.75, 3.05) is 21.3 Å². The average Bonchev–Trinajstić information content (AvgIpc) is 3.48. The Hall–Kier alpha value is -3.50. The van der Waals surface area contributed by atoms with Crippen molar-refractivity contribution in [3.05, 3.63) is 59.3 Å². The molecule has 0 atom stereocenters. The summed E-state index contributed by atoms with van der Waals surface area (Å²) < 4.78 is 52.5. The number of hydrogen-bond acceptors (Lipinski definition) is 9. The van der Waals surface area contributed by atoms with Crippen LogP contribution in [-0.2, 0) is 15.6 Å². The Labute approximate surface area is 194 Å². The molecule has 0 unspecified atom stereocenters. The molecule has 0 saturated heterocycles. The average molecular weight is 491 g/mol. The van der Waals surface area contributed by atoms with E-state index in [2.05, 4.69) is 10.1 Å². The van der Waals surface area contributed by atoms with E-state index in [9.17, 15) is 8.42 Å². The molecule has 0 amide bonds. The number of benzene rings is 2. The predicted molar refractivity (Wildman–Crippen MR) is 119 cm³/mol. The lowest BCUT2D eigenvalue weighted by molar-refractivity contribution is 0.355. The highest BCUT2D eigenvalue weighted by atomic mass is 35.5. The standard InChI is InChI=1S/C22H19ClN2O7S/c1-28-16-7-4-13(10-19(16)30-3)21-24-22(32-25-21)18-9-6-15(31-18)12-33(26,27)20-11-14(23)5-8-17(20)29-2/h4-11H,12H2,1-3H3. The van der Waals surface area contributed by atoms with Crippen LogP contribution in [0, 0.1) is 0 Å². The Morgan fingerprint density at radius 3 is 2.36 bits per heavy atom. The van der Waals surface area contributed by atoms with Gasteiger partial charge in [-0.05, 0) is 48.5 Å². The monoisotopic (exact) mass is 490 g/mol. The molecule has 9 nitrogen and oxygen atoms in total. The molecular formula is C22H19ClN2O7S. The number of rotatable bonds is 8. The van der Waals surface area contributed by atoms with E-state index in [0.717, 1.165) is 0 Å². The van der Waals surface area contributed by atoms with E-state index < -0.39 is 15.6 Å². The van der Waals surface area contributed by atoms with Crippen LogP contribution in [-0.4, -0.2) is 39.9 Å². The van der Waals surface area contributed by atoms with Crippen molar-refractivity contribution in [1.29, 1.82) is 0 Å². The number of halogens is 1. The van der Waals surface area contributed by atoms with E-state index in [1.165, 1.54) is 32.4 Å². The number of aromatic nitrogens is 2. The molecule has 0 spiro atoms. The maximum atomic E-state index is 12.9. The summed E-state index contributed by atoms with van der Waals surface area (Å²) in [4.78, 5) is 4.31. The van der Waals surface area contributed by atoms with Gasteiger partial charge in [-0.1, -0.05) is 16.8 Å². The smallest absolute Gasteiger partial charge is 0.293 e. The van der Waals surface area contributed by atoms with Crippen LogP contribution in [0.25, 0.3) is 23.0 Å². The fourth-order valence-electron chi connectivity index (χ4n) is 3.15. The van der Waals surface area contributed by atoms with Crippen molar-refractivity contribution in [2.45, 2.75) is 10.6 Å². The lowest BCUT2D eigenvalue weighted by atomic mass is 10.2. The zero-order valence-corrected chi connectivity index (χ0v) is 19.4. The lowest BCUT2D eigenvalue weighted by Crippen LogP contribution is -2.06. The molecule has 0 bridgehead atoms. The van der Waals surface area contributed by atoms with Crippen LogP contribution in [0.5, 0.6) is 17.2 Å². The number of methoxy groups -OCH3 is 3. The van der Waals surface area contributed by atoms with Gasteiger partial charge in [0.05, 0.1) is 21.3 Å². The maximum absolute atomic E-state index is 12.9. The minimum absolute atomic E-state index is 0.0241. The summed E-state index contributed by atoms with van der Waals surface area (Å²) in [5.74, 6) is 1.71. The molecule has 2 aromatic heterocycles. The highest BCUT2D eigenvalue weighted by molar-refractivity contribution is 7.90. The minimum Gasteiger partial charge on any atom is -0.495 e. The quantitative estimate of drug-likeness (QED) is 0.348. The molecule has 172 valence electrons. The summed E-state index contributed by atoms with van der Waals surface area (Å²) >= 11 is 5.97. The molecule has 0 N–H and O–H groups in total. The molecule has 0 aliphatic rings. The number of hydrogen-bond donors (Lipinski definition) is 0. The molecule has 0 aliphatic heterocycles. The first kappa shape index (κ1) is 22.7. The number of sulfone groups is 1. The van der Waals surface area contributed by atoms with Crippen LogP contribution in [0.15, 0.2) is 62.4 Å². The van der Waals surface area contributed by atoms with Gasteiger partial charge < -0.3 is 23.2 Å². The Morgan fingerprint density at radius 2 is 1.64 bits per heavy atom. The minimum atomic E-state index is -3.80. The van der Waals surface area contributed by atoms with Crippen LogP contribution in [0.1, 0.15) is 5.76 Å². The first-order valence-corrected chi connectivity index (χ1v) is 11.6. The fourth-order valence-corrected chi connectivity index (χ4v) is 4.83. The van der Waals surface area contributed by atoms with Gasteiger partial charge >= 0.3 is 0 Å². The third-order valence-electron chi connectivity index (χ3n) is 4.73. The van der Waals surface area contributed by atoms with Gasteiger partial charge in [-0.15, -0.1) is 0 Å². The first-order valence-electron chi connectivity index (χ1n) is 9.56. The Morgan fingerprint density at radius 1 is 0.909 bits per heavy atom. The lowest BCUT2D eigenvalue weighted by Gasteiger charge is -2.09. The fraction of sp³-hybridized carbons (Fsp3) is 0.182. The molecule has 2 heterocycles. The SMILES string of the molecule is COc1ccc(-c2noc(-c3ccc(CS(=O)(=O)c4cc(Cl)ccc4OC)o3)n2)cc1OC. The van der Waals surface area contributed by atoms with Gasteiger partial charge in [0, 0.05) is 10.6 Å². The molecule has 33 heavy (non-hydrogen) atoms. The molecule has 4 rings (SSSR count). The second-order valence-electron chi connectivity index (χ2n) is 6.81. The molecule has 0 fully saturated rings. The first-order chi connectivity index (χ1) is 15.8. The normalized spacial score (nSPS) is 11.4. The second kappa shape index (κ2) is 9.16. The van der Waals surface area contributed by atoms with E-state index in [1.807, 2.05) is 0 Å². The second-order valence-corrected chi connectivity index (χ2v) is 9.21. The van der Waals surface area contributed by atoms with Gasteiger partial charge in [0.1, 0.15) is 22.2 Å².